The maximum Gasteiger partial charge on any atom is 0.357 e. The van der Waals surface area contributed by atoms with Crippen molar-refractivity contribution in [1.29, 1.82) is 0 Å². The summed E-state index contributed by atoms with van der Waals surface area (Å²) < 4.78 is 19.6. The zero-order valence-electron chi connectivity index (χ0n) is 16.7. The van der Waals surface area contributed by atoms with Crippen molar-refractivity contribution in [2.75, 3.05) is 18.0 Å². The molecule has 2 unspecified atom stereocenters. The second kappa shape index (κ2) is 6.73. The molecule has 0 saturated carbocycles. The van der Waals surface area contributed by atoms with Crippen molar-refractivity contribution in [3.8, 4) is 0 Å². The number of fused-ring (bicyclic) bond motifs is 4. The van der Waals surface area contributed by atoms with Gasteiger partial charge in [-0.05, 0) is 18.9 Å². The molecule has 9 nitrogen and oxygen atoms in total. The van der Waals surface area contributed by atoms with Gasteiger partial charge in [-0.25, -0.2) is 9.59 Å². The lowest BCUT2D eigenvalue weighted by Crippen LogP contribution is -2.44. The average molecular weight is 451 g/mol. The summed E-state index contributed by atoms with van der Waals surface area (Å²) in [5.74, 6) is -3.26. The molecule has 0 aromatic heterocycles. The smallest absolute Gasteiger partial charge is 0.357 e. The van der Waals surface area contributed by atoms with Crippen LogP contribution in [-0.2, 0) is 18.0 Å². The van der Waals surface area contributed by atoms with Gasteiger partial charge in [-0.1, -0.05) is 24.3 Å². The third-order valence-corrected chi connectivity index (χ3v) is 7.69. The van der Waals surface area contributed by atoms with Crippen molar-refractivity contribution in [3.63, 3.8) is 0 Å². The van der Waals surface area contributed by atoms with Crippen LogP contribution in [0.3, 0.4) is 0 Å². The van der Waals surface area contributed by atoms with E-state index in [0.29, 0.717) is 11.0 Å². The van der Waals surface area contributed by atoms with Crippen LogP contribution in [0.4, 0.5) is 5.69 Å². The number of anilines is 1. The van der Waals surface area contributed by atoms with E-state index in [2.05, 4.69) is 13.7 Å². The molecular weight excluding hydrogens is 434 g/mol. The predicted molar refractivity (Wildman–Crippen MR) is 113 cm³/mol. The molecule has 1 aromatic carbocycles. The van der Waals surface area contributed by atoms with Crippen LogP contribution in [0.25, 0.3) is 0 Å². The number of ketones is 2. The van der Waals surface area contributed by atoms with E-state index in [9.17, 15) is 19.2 Å². The van der Waals surface area contributed by atoms with Crippen molar-refractivity contribution in [3.05, 3.63) is 64.4 Å². The molecule has 1 saturated heterocycles. The second-order valence-electron chi connectivity index (χ2n) is 8.03. The van der Waals surface area contributed by atoms with Crippen LogP contribution in [0.5, 0.6) is 0 Å². The summed E-state index contributed by atoms with van der Waals surface area (Å²) in [6.45, 7) is 1.50. The van der Waals surface area contributed by atoms with E-state index in [1.54, 1.807) is 30.4 Å². The molecule has 10 heteroatoms. The fraction of sp³-hybridized carbons (Fsp3) is 0.273. The number of rotatable bonds is 1. The monoisotopic (exact) mass is 451 g/mol. The average Bonchev–Trinajstić information content (AvgIpc) is 3.40. The summed E-state index contributed by atoms with van der Waals surface area (Å²) in [4.78, 5) is 53.1. The van der Waals surface area contributed by atoms with E-state index >= 15 is 0 Å². The minimum atomic E-state index is -3.35. The Labute approximate surface area is 183 Å². The molecule has 3 heterocycles. The van der Waals surface area contributed by atoms with Crippen LogP contribution in [0.2, 0.25) is 0 Å². The first kappa shape index (κ1) is 19.2. The minimum absolute atomic E-state index is 0.145. The van der Waals surface area contributed by atoms with E-state index < -0.39 is 34.7 Å². The number of benzene rings is 1. The lowest BCUT2D eigenvalue weighted by Gasteiger charge is -2.29. The topological polar surface area (TPSA) is 115 Å². The van der Waals surface area contributed by atoms with Gasteiger partial charge in [0, 0.05) is 30.8 Å². The summed E-state index contributed by atoms with van der Waals surface area (Å²) in [6.07, 6.45) is 10.8. The van der Waals surface area contributed by atoms with Crippen LogP contribution >= 0.6 is 11.0 Å². The van der Waals surface area contributed by atoms with Gasteiger partial charge in [0.2, 0.25) is 0 Å². The first-order valence-corrected chi connectivity index (χ1v) is 11.7. The number of hydrogen-bond acceptors (Lipinski definition) is 9. The molecule has 0 radical (unpaired) electrons. The fourth-order valence-corrected chi connectivity index (χ4v) is 6.25. The Morgan fingerprint density at radius 1 is 0.844 bits per heavy atom. The van der Waals surface area contributed by atoms with Crippen molar-refractivity contribution in [2.24, 2.45) is 20.6 Å². The molecule has 0 amide bonds. The summed E-state index contributed by atoms with van der Waals surface area (Å²) >= 11 is 0. The summed E-state index contributed by atoms with van der Waals surface area (Å²) in [7, 11) is -3.35. The lowest BCUT2D eigenvalue weighted by atomic mass is 9.72. The standard InChI is InChI=1S/C22H17N3O6S/c26-16-7-8-17(27)31-32(30-16)23-19-15(25-9-3-4-10-25)11-14-18(20(19)24-32)22(29)13-6-2-1-5-12(13)21(14)28/h1-2,5-8,11-13H,3-4,9-10H2. The van der Waals surface area contributed by atoms with Gasteiger partial charge in [-0.2, -0.15) is 0 Å². The number of allylic oxidation sites excluding steroid dienone is 4. The van der Waals surface area contributed by atoms with Crippen LogP contribution in [-0.4, -0.2) is 36.6 Å². The van der Waals surface area contributed by atoms with Crippen LogP contribution in [0, 0.1) is 11.8 Å². The highest BCUT2D eigenvalue weighted by molar-refractivity contribution is 8.24. The third kappa shape index (κ3) is 2.72. The van der Waals surface area contributed by atoms with Gasteiger partial charge in [0.05, 0.1) is 23.1 Å². The molecule has 0 bridgehead atoms. The van der Waals surface area contributed by atoms with Gasteiger partial charge in [-0.3, -0.25) is 9.59 Å². The molecule has 0 N–H and O–H groups in total. The maximum absolute atomic E-state index is 13.5. The maximum atomic E-state index is 13.5. The number of Topliss-reactive ketones (excluding diaryl/α,β-unsaturated/α-hetero) is 2. The Morgan fingerprint density at radius 2 is 1.44 bits per heavy atom. The van der Waals surface area contributed by atoms with Crippen LogP contribution in [0.1, 0.15) is 33.6 Å². The highest BCUT2D eigenvalue weighted by Crippen LogP contribution is 2.55. The van der Waals surface area contributed by atoms with E-state index in [-0.39, 0.29) is 28.1 Å². The van der Waals surface area contributed by atoms with Gasteiger partial charge in [0.25, 0.3) is 0 Å². The Morgan fingerprint density at radius 3 is 2.09 bits per heavy atom. The molecule has 32 heavy (non-hydrogen) atoms. The van der Waals surface area contributed by atoms with Crippen molar-refractivity contribution in [1.82, 2.24) is 0 Å². The SMILES string of the molecule is O=C1C=CC(=O)OS2(N=c3c(N4CCCC4)cc4c(c3=N2)C(=O)C2C=CC=CC2C4=O)O1. The normalized spacial score (nSPS) is 27.7. The van der Waals surface area contributed by atoms with Gasteiger partial charge in [-0.15, -0.1) is 8.80 Å². The third-order valence-electron chi connectivity index (χ3n) is 6.10. The number of hydrogen-bond donors (Lipinski definition) is 0. The van der Waals surface area contributed by atoms with Crippen molar-refractivity contribution in [2.45, 2.75) is 12.8 Å². The fourth-order valence-electron chi connectivity index (χ4n) is 4.67. The van der Waals surface area contributed by atoms with E-state index in [0.717, 1.165) is 38.1 Å². The summed E-state index contributed by atoms with van der Waals surface area (Å²) in [5, 5.41) is 0.472. The zero-order valence-corrected chi connectivity index (χ0v) is 17.5. The Kier molecular flexibility index (Phi) is 4.03. The minimum Gasteiger partial charge on any atom is -0.370 e. The molecule has 2 atom stereocenters. The predicted octanol–water partition coefficient (Wildman–Crippen LogP) is 1.40. The molecule has 5 aliphatic rings. The molecule has 162 valence electrons. The highest BCUT2D eigenvalue weighted by Gasteiger charge is 2.44. The quantitative estimate of drug-likeness (QED) is 0.634. The zero-order chi connectivity index (χ0) is 22.0. The molecule has 3 aliphatic heterocycles. The molecule has 1 spiro atoms. The molecule has 2 aliphatic carbocycles. The van der Waals surface area contributed by atoms with Gasteiger partial charge in [0.15, 0.2) is 11.6 Å². The Hall–Kier alpha value is -3.53. The van der Waals surface area contributed by atoms with E-state index in [1.807, 2.05) is 0 Å². The molecule has 1 aromatic rings. The molecule has 6 rings (SSSR count). The van der Waals surface area contributed by atoms with Crippen LogP contribution in [0.15, 0.2) is 51.3 Å². The molecular formula is C22H17N3O6S. The Balaban J connectivity index is 1.63. The number of carbonyl (C=O) groups excluding carboxylic acids is 4. The van der Waals surface area contributed by atoms with Crippen LogP contribution < -0.4 is 15.6 Å². The lowest BCUT2D eigenvalue weighted by molar-refractivity contribution is -0.129. The largest absolute Gasteiger partial charge is 0.370 e. The van der Waals surface area contributed by atoms with Gasteiger partial charge >= 0.3 is 11.9 Å². The van der Waals surface area contributed by atoms with E-state index in [4.69, 9.17) is 8.37 Å². The highest BCUT2D eigenvalue weighted by atomic mass is 32.3. The van der Waals surface area contributed by atoms with Crippen molar-refractivity contribution >= 4 is 40.2 Å². The van der Waals surface area contributed by atoms with E-state index in [1.165, 1.54) is 0 Å². The molecule has 1 fully saturated rings. The summed E-state index contributed by atoms with van der Waals surface area (Å²) in [6, 6.07) is 1.69. The number of nitrogens with zero attached hydrogens (tertiary/aromatic N) is 3. The first-order valence-electron chi connectivity index (χ1n) is 10.3. The van der Waals surface area contributed by atoms with Gasteiger partial charge in [0.1, 0.15) is 21.7 Å². The van der Waals surface area contributed by atoms with Gasteiger partial charge < -0.3 is 13.3 Å². The second-order valence-corrected chi connectivity index (χ2v) is 9.62. The first-order chi connectivity index (χ1) is 15.5. The van der Waals surface area contributed by atoms with Crippen molar-refractivity contribution < 1.29 is 27.5 Å². The summed E-state index contributed by atoms with van der Waals surface area (Å²) in [5.41, 5.74) is 1.05. The Bertz CT molecular complexity index is 1320. The number of carbonyl (C=O) groups is 4.